The van der Waals surface area contributed by atoms with Crippen LogP contribution in [-0.4, -0.2) is 76.9 Å². The van der Waals surface area contributed by atoms with Gasteiger partial charge in [0.15, 0.2) is 5.13 Å². The molecule has 4 aromatic rings. The van der Waals surface area contributed by atoms with E-state index in [9.17, 15) is 19.8 Å². The number of amides is 1. The van der Waals surface area contributed by atoms with Crippen molar-refractivity contribution in [1.82, 2.24) is 35.6 Å². The molecule has 2 aliphatic rings. The van der Waals surface area contributed by atoms with Crippen molar-refractivity contribution in [3.63, 3.8) is 0 Å². The van der Waals surface area contributed by atoms with Crippen molar-refractivity contribution in [3.05, 3.63) is 46.0 Å². The number of carboxylic acid groups (broad SMARTS) is 1. The SMILES string of the molecule is Cc1nc(Nc2nc(N3CCC(O)CC3)c3c(n2)N(Cc2ccc(-c4nn[nH]n4)cc2)C(=O)C3)sc1C(=O)O. The first-order chi connectivity index (χ1) is 18.9. The summed E-state index contributed by atoms with van der Waals surface area (Å²) < 4.78 is 0. The number of carbonyl (C=O) groups is 2. The predicted octanol–water partition coefficient (Wildman–Crippen LogP) is 1.91. The number of fused-ring (bicyclic) bond motifs is 1. The van der Waals surface area contributed by atoms with Gasteiger partial charge in [-0.3, -0.25) is 15.0 Å². The van der Waals surface area contributed by atoms with Crippen LogP contribution in [0.2, 0.25) is 0 Å². The molecule has 0 radical (unpaired) electrons. The van der Waals surface area contributed by atoms with Gasteiger partial charge in [-0.25, -0.2) is 9.78 Å². The van der Waals surface area contributed by atoms with Crippen LogP contribution in [0.3, 0.4) is 0 Å². The van der Waals surface area contributed by atoms with Crippen LogP contribution in [0.25, 0.3) is 11.4 Å². The summed E-state index contributed by atoms with van der Waals surface area (Å²) in [5.74, 6) is 0.662. The third-order valence-electron chi connectivity index (χ3n) is 6.72. The quantitative estimate of drug-likeness (QED) is 0.263. The Morgan fingerprint density at radius 2 is 1.90 bits per heavy atom. The number of aromatic carboxylic acids is 1. The number of tetrazole rings is 1. The fourth-order valence-electron chi connectivity index (χ4n) is 4.73. The smallest absolute Gasteiger partial charge is 0.347 e. The van der Waals surface area contributed by atoms with Crippen LogP contribution >= 0.6 is 11.3 Å². The van der Waals surface area contributed by atoms with Gasteiger partial charge in [0, 0.05) is 24.2 Å². The maximum atomic E-state index is 13.2. The average molecular weight is 549 g/mol. The normalized spacial score (nSPS) is 15.6. The predicted molar refractivity (Wildman–Crippen MR) is 141 cm³/mol. The minimum Gasteiger partial charge on any atom is -0.477 e. The average Bonchev–Trinajstić information content (AvgIpc) is 3.65. The van der Waals surface area contributed by atoms with Gasteiger partial charge < -0.3 is 15.1 Å². The number of H-pyrrole nitrogens is 1. The monoisotopic (exact) mass is 548 g/mol. The molecule has 14 nitrogen and oxygen atoms in total. The number of piperidine rings is 1. The fraction of sp³-hybridized carbons (Fsp3) is 0.333. The molecule has 0 bridgehead atoms. The summed E-state index contributed by atoms with van der Waals surface area (Å²) in [7, 11) is 0. The second kappa shape index (κ2) is 9.99. The van der Waals surface area contributed by atoms with Crippen LogP contribution < -0.4 is 15.1 Å². The lowest BCUT2D eigenvalue weighted by Crippen LogP contribution is -2.37. The van der Waals surface area contributed by atoms with E-state index in [-0.39, 0.29) is 29.3 Å². The first kappa shape index (κ1) is 24.8. The molecule has 1 amide bonds. The van der Waals surface area contributed by atoms with E-state index >= 15 is 0 Å². The van der Waals surface area contributed by atoms with Gasteiger partial charge >= 0.3 is 5.97 Å². The van der Waals surface area contributed by atoms with Crippen molar-refractivity contribution in [2.45, 2.75) is 38.8 Å². The molecule has 1 aromatic carbocycles. The lowest BCUT2D eigenvalue weighted by Gasteiger charge is -2.31. The van der Waals surface area contributed by atoms with E-state index in [4.69, 9.17) is 4.98 Å². The molecule has 0 atom stereocenters. The van der Waals surface area contributed by atoms with Gasteiger partial charge in [-0.05, 0) is 30.5 Å². The number of hydrogen-bond acceptors (Lipinski definition) is 12. The van der Waals surface area contributed by atoms with Crippen molar-refractivity contribution in [1.29, 1.82) is 0 Å². The summed E-state index contributed by atoms with van der Waals surface area (Å²) in [6, 6.07) is 7.53. The number of nitrogens with zero attached hydrogens (tertiary/aromatic N) is 8. The van der Waals surface area contributed by atoms with Crippen LogP contribution in [0.5, 0.6) is 0 Å². The minimum absolute atomic E-state index is 0.102. The number of carbonyl (C=O) groups excluding carboxylic acids is 1. The molecule has 6 rings (SSSR count). The van der Waals surface area contributed by atoms with Crippen molar-refractivity contribution in [2.24, 2.45) is 0 Å². The molecule has 200 valence electrons. The van der Waals surface area contributed by atoms with Crippen molar-refractivity contribution in [3.8, 4) is 11.4 Å². The number of aliphatic hydroxyl groups excluding tert-OH is 1. The Labute approximate surface area is 225 Å². The molecule has 1 fully saturated rings. The Hall–Kier alpha value is -4.50. The summed E-state index contributed by atoms with van der Waals surface area (Å²) in [6.07, 6.45) is 0.985. The molecular formula is C24H24N10O4S. The van der Waals surface area contributed by atoms with E-state index in [1.54, 1.807) is 11.8 Å². The Morgan fingerprint density at radius 1 is 1.15 bits per heavy atom. The zero-order valence-electron chi connectivity index (χ0n) is 20.8. The number of aromatic amines is 1. The zero-order chi connectivity index (χ0) is 27.1. The van der Waals surface area contributed by atoms with Gasteiger partial charge in [0.2, 0.25) is 17.7 Å². The van der Waals surface area contributed by atoms with Gasteiger partial charge in [0.25, 0.3) is 0 Å². The molecule has 2 aliphatic heterocycles. The molecule has 0 spiro atoms. The number of hydrogen-bond donors (Lipinski definition) is 4. The molecule has 0 aliphatic carbocycles. The number of carboxylic acids is 1. The van der Waals surface area contributed by atoms with Crippen molar-refractivity contribution >= 4 is 45.9 Å². The number of anilines is 4. The molecule has 5 heterocycles. The lowest BCUT2D eigenvalue weighted by molar-refractivity contribution is -0.117. The van der Waals surface area contributed by atoms with Gasteiger partial charge in [-0.1, -0.05) is 35.6 Å². The van der Waals surface area contributed by atoms with Gasteiger partial charge in [-0.15, -0.1) is 10.2 Å². The zero-order valence-corrected chi connectivity index (χ0v) is 21.6. The van der Waals surface area contributed by atoms with Gasteiger partial charge in [0.1, 0.15) is 16.5 Å². The highest BCUT2D eigenvalue weighted by atomic mass is 32.1. The number of rotatable bonds is 7. The van der Waals surface area contributed by atoms with E-state index < -0.39 is 5.97 Å². The largest absolute Gasteiger partial charge is 0.477 e. The number of aryl methyl sites for hydroxylation is 1. The Balaban J connectivity index is 1.34. The number of aliphatic hydroxyl groups is 1. The van der Waals surface area contributed by atoms with Gasteiger partial charge in [-0.2, -0.15) is 15.2 Å². The molecule has 0 saturated carbocycles. The summed E-state index contributed by atoms with van der Waals surface area (Å²) in [4.78, 5) is 42.3. The Kier molecular flexibility index (Phi) is 6.36. The van der Waals surface area contributed by atoms with Gasteiger partial charge in [0.05, 0.1) is 24.8 Å². The molecule has 15 heteroatoms. The first-order valence-corrected chi connectivity index (χ1v) is 13.1. The summed E-state index contributed by atoms with van der Waals surface area (Å²) in [5.41, 5.74) is 2.80. The Bertz CT molecular complexity index is 1530. The third-order valence-corrected chi connectivity index (χ3v) is 7.78. The maximum absolute atomic E-state index is 13.2. The van der Waals surface area contributed by atoms with E-state index in [0.29, 0.717) is 60.8 Å². The van der Waals surface area contributed by atoms with Crippen LogP contribution in [0.1, 0.15) is 39.3 Å². The van der Waals surface area contributed by atoms with Crippen LogP contribution in [-0.2, 0) is 17.8 Å². The molecule has 39 heavy (non-hydrogen) atoms. The highest BCUT2D eigenvalue weighted by Crippen LogP contribution is 2.37. The van der Waals surface area contributed by atoms with Crippen LogP contribution in [0, 0.1) is 6.92 Å². The minimum atomic E-state index is -1.05. The first-order valence-electron chi connectivity index (χ1n) is 12.3. The maximum Gasteiger partial charge on any atom is 0.347 e. The standard InChI is InChI=1S/C24H24N10O4S/c1-12-18(22(37)38)39-24(25-12)28-23-26-20(33-8-6-15(35)7-9-33)16-10-17(36)34(21(16)27-23)11-13-2-4-14(5-3-13)19-29-31-32-30-19/h2-5,15,35H,6-11H2,1H3,(H,37,38)(H,25,26,27,28)(H,29,30,31,32). The Morgan fingerprint density at radius 3 is 2.56 bits per heavy atom. The van der Waals surface area contributed by atoms with Crippen LogP contribution in [0.4, 0.5) is 22.7 Å². The molecular weight excluding hydrogens is 524 g/mol. The van der Waals surface area contributed by atoms with E-state index in [0.717, 1.165) is 28.0 Å². The van der Waals surface area contributed by atoms with E-state index in [2.05, 4.69) is 40.8 Å². The second-order valence-corrected chi connectivity index (χ2v) is 10.3. The summed E-state index contributed by atoms with van der Waals surface area (Å²) in [6.45, 7) is 3.11. The third kappa shape index (κ3) is 4.88. The van der Waals surface area contributed by atoms with E-state index in [1.807, 2.05) is 24.3 Å². The van der Waals surface area contributed by atoms with E-state index in [1.165, 1.54) is 0 Å². The molecule has 3 aromatic heterocycles. The van der Waals surface area contributed by atoms with Crippen molar-refractivity contribution < 1.29 is 19.8 Å². The fourth-order valence-corrected chi connectivity index (χ4v) is 5.53. The number of benzene rings is 1. The number of thiazole rings is 1. The van der Waals surface area contributed by atoms with Crippen molar-refractivity contribution in [2.75, 3.05) is 28.2 Å². The lowest BCUT2D eigenvalue weighted by atomic mass is 10.1. The highest BCUT2D eigenvalue weighted by molar-refractivity contribution is 7.17. The summed E-state index contributed by atoms with van der Waals surface area (Å²) >= 11 is 0.996. The highest BCUT2D eigenvalue weighted by Gasteiger charge is 2.35. The number of nitrogens with one attached hydrogen (secondary N) is 2. The molecule has 1 saturated heterocycles. The molecule has 4 N–H and O–H groups in total. The molecule has 0 unspecified atom stereocenters. The summed E-state index contributed by atoms with van der Waals surface area (Å²) in [5, 5.41) is 36.8. The topological polar surface area (TPSA) is 186 Å². The second-order valence-electron chi connectivity index (χ2n) is 9.34. The van der Waals surface area contributed by atoms with Crippen LogP contribution in [0.15, 0.2) is 24.3 Å². The number of aromatic nitrogens is 7.